The Balaban J connectivity index is 1.89. The second-order valence-electron chi connectivity index (χ2n) is 6.42. The number of nitrogens with zero attached hydrogens (tertiary/aromatic N) is 3. The van der Waals surface area contributed by atoms with Crippen LogP contribution in [0.25, 0.3) is 5.52 Å². The molecule has 1 aliphatic carbocycles. The Morgan fingerprint density at radius 3 is 2.77 bits per heavy atom. The van der Waals surface area contributed by atoms with Crippen molar-refractivity contribution >= 4 is 23.2 Å². The molecule has 0 aromatic carbocycles. The number of ether oxygens (including phenoxy) is 1. The van der Waals surface area contributed by atoms with Crippen molar-refractivity contribution in [1.82, 2.24) is 19.9 Å². The normalized spacial score (nSPS) is 16.5. The lowest BCUT2D eigenvalue weighted by Crippen LogP contribution is -2.40. The highest BCUT2D eigenvalue weighted by Crippen LogP contribution is 2.44. The maximum absolute atomic E-state index is 12.0. The Bertz CT molecular complexity index is 746. The van der Waals surface area contributed by atoms with Gasteiger partial charge in [-0.2, -0.15) is 4.98 Å². The Morgan fingerprint density at radius 2 is 2.18 bits per heavy atom. The maximum atomic E-state index is 12.0. The summed E-state index contributed by atoms with van der Waals surface area (Å²) in [6.45, 7) is 5.38. The molecule has 1 amide bonds. The predicted octanol–water partition coefficient (Wildman–Crippen LogP) is 2.60. The number of hydrogen-bond acceptors (Lipinski definition) is 5. The summed E-state index contributed by atoms with van der Waals surface area (Å²) in [7, 11) is 0. The van der Waals surface area contributed by atoms with Crippen LogP contribution in [0.4, 0.5) is 4.79 Å². The summed E-state index contributed by atoms with van der Waals surface area (Å²) in [5, 5.41) is 17.5. The Hall–Kier alpha value is -2.02. The minimum absolute atomic E-state index is 0.211. The van der Waals surface area contributed by atoms with E-state index in [1.54, 1.807) is 33.0 Å². The molecule has 2 heterocycles. The molecule has 8 heteroatoms. The standard InChI is InChI=1S/C14H17ClN4O3/c1-13(2,3)22-12(21)17-14(5-6-14)11-16-10(20)9-8(15)4-7-19(9)18-11/h4,7H,5-6H2,1-3H3,(H,17,21)(H,16,18,20). The number of nitrogens with one attached hydrogen (secondary N) is 1. The summed E-state index contributed by atoms with van der Waals surface area (Å²) in [5.41, 5.74) is -0.926. The summed E-state index contributed by atoms with van der Waals surface area (Å²) in [5.74, 6) is 0.132. The summed E-state index contributed by atoms with van der Waals surface area (Å²) >= 11 is 5.97. The second-order valence-corrected chi connectivity index (χ2v) is 6.83. The number of hydrogen-bond donors (Lipinski definition) is 2. The van der Waals surface area contributed by atoms with Crippen LogP contribution in [0.5, 0.6) is 5.88 Å². The molecule has 0 bridgehead atoms. The van der Waals surface area contributed by atoms with Crippen molar-refractivity contribution in [3.05, 3.63) is 23.1 Å². The topological polar surface area (TPSA) is 88.8 Å². The van der Waals surface area contributed by atoms with E-state index in [2.05, 4.69) is 15.4 Å². The number of carbonyl (C=O) groups excluding carboxylic acids is 1. The van der Waals surface area contributed by atoms with Crippen molar-refractivity contribution in [3.63, 3.8) is 0 Å². The fraction of sp³-hybridized carbons (Fsp3) is 0.500. The summed E-state index contributed by atoms with van der Waals surface area (Å²) < 4.78 is 6.72. The number of amides is 1. The van der Waals surface area contributed by atoms with Crippen LogP contribution in [-0.2, 0) is 10.3 Å². The molecule has 2 aromatic rings. The third-order valence-electron chi connectivity index (χ3n) is 3.36. The van der Waals surface area contributed by atoms with Gasteiger partial charge in [0.2, 0.25) is 5.88 Å². The van der Waals surface area contributed by atoms with Gasteiger partial charge in [-0.1, -0.05) is 11.6 Å². The molecule has 1 aliphatic rings. The highest BCUT2D eigenvalue weighted by molar-refractivity contribution is 6.34. The van der Waals surface area contributed by atoms with Crippen LogP contribution in [-0.4, -0.2) is 31.4 Å². The number of halogens is 1. The van der Waals surface area contributed by atoms with E-state index in [9.17, 15) is 9.90 Å². The summed E-state index contributed by atoms with van der Waals surface area (Å²) in [4.78, 5) is 16.0. The van der Waals surface area contributed by atoms with Gasteiger partial charge in [-0.3, -0.25) is 0 Å². The fourth-order valence-electron chi connectivity index (χ4n) is 2.20. The molecule has 3 rings (SSSR count). The number of rotatable bonds is 2. The van der Waals surface area contributed by atoms with Gasteiger partial charge in [0, 0.05) is 6.20 Å². The van der Waals surface area contributed by atoms with Crippen molar-refractivity contribution in [2.24, 2.45) is 0 Å². The third kappa shape index (κ3) is 2.68. The van der Waals surface area contributed by atoms with E-state index in [-0.39, 0.29) is 5.88 Å². The lowest BCUT2D eigenvalue weighted by atomic mass is 10.2. The molecular formula is C14H17ClN4O3. The molecule has 0 saturated heterocycles. The lowest BCUT2D eigenvalue weighted by Gasteiger charge is -2.22. The first kappa shape index (κ1) is 14.9. The maximum Gasteiger partial charge on any atom is 0.408 e. The molecule has 2 aromatic heterocycles. The minimum Gasteiger partial charge on any atom is -0.492 e. The van der Waals surface area contributed by atoms with Crippen LogP contribution >= 0.6 is 11.6 Å². The molecule has 0 radical (unpaired) electrons. The number of carbonyl (C=O) groups is 1. The van der Waals surface area contributed by atoms with Gasteiger partial charge in [0.05, 0.1) is 5.02 Å². The highest BCUT2D eigenvalue weighted by Gasteiger charge is 2.50. The largest absolute Gasteiger partial charge is 0.492 e. The molecule has 0 unspecified atom stereocenters. The van der Waals surface area contributed by atoms with E-state index in [0.29, 0.717) is 29.2 Å². The SMILES string of the molecule is CC(C)(C)OC(=O)NC1(c2nc(O)c3c(Cl)ccn3n2)CC1. The van der Waals surface area contributed by atoms with Crippen molar-refractivity contribution < 1.29 is 14.6 Å². The van der Waals surface area contributed by atoms with E-state index in [1.165, 1.54) is 4.52 Å². The number of aromatic hydroxyl groups is 1. The Kier molecular flexibility index (Phi) is 3.21. The van der Waals surface area contributed by atoms with Crippen LogP contribution in [0.15, 0.2) is 12.3 Å². The predicted molar refractivity (Wildman–Crippen MR) is 79.9 cm³/mol. The van der Waals surface area contributed by atoms with E-state index in [4.69, 9.17) is 16.3 Å². The minimum atomic E-state index is -0.690. The molecule has 7 nitrogen and oxygen atoms in total. The van der Waals surface area contributed by atoms with Crippen LogP contribution in [0, 0.1) is 0 Å². The van der Waals surface area contributed by atoms with Crippen LogP contribution in [0.2, 0.25) is 5.02 Å². The average molecular weight is 325 g/mol. The molecular weight excluding hydrogens is 308 g/mol. The average Bonchev–Trinajstić information content (AvgIpc) is 3.04. The van der Waals surface area contributed by atoms with Gasteiger partial charge < -0.3 is 15.2 Å². The molecule has 1 fully saturated rings. The highest BCUT2D eigenvalue weighted by atomic mass is 35.5. The van der Waals surface area contributed by atoms with Gasteiger partial charge in [-0.05, 0) is 39.7 Å². The molecule has 2 N–H and O–H groups in total. The zero-order chi connectivity index (χ0) is 16.1. The van der Waals surface area contributed by atoms with E-state index < -0.39 is 17.2 Å². The van der Waals surface area contributed by atoms with Gasteiger partial charge in [-0.25, -0.2) is 9.31 Å². The molecule has 22 heavy (non-hydrogen) atoms. The Labute approximate surface area is 132 Å². The second kappa shape index (κ2) is 4.74. The third-order valence-corrected chi connectivity index (χ3v) is 3.67. The summed E-state index contributed by atoms with van der Waals surface area (Å²) in [6, 6.07) is 1.62. The fourth-order valence-corrected chi connectivity index (χ4v) is 2.43. The first-order valence-corrected chi connectivity index (χ1v) is 7.33. The van der Waals surface area contributed by atoms with Gasteiger partial charge >= 0.3 is 6.09 Å². The molecule has 0 atom stereocenters. The van der Waals surface area contributed by atoms with Gasteiger partial charge in [0.15, 0.2) is 5.82 Å². The van der Waals surface area contributed by atoms with E-state index >= 15 is 0 Å². The Morgan fingerprint density at radius 1 is 1.50 bits per heavy atom. The summed E-state index contributed by atoms with van der Waals surface area (Å²) in [6.07, 6.45) is 2.48. The molecule has 0 spiro atoms. The van der Waals surface area contributed by atoms with Crippen LogP contribution in [0.3, 0.4) is 0 Å². The van der Waals surface area contributed by atoms with Gasteiger partial charge in [-0.15, -0.1) is 5.10 Å². The lowest BCUT2D eigenvalue weighted by molar-refractivity contribution is 0.0491. The number of aromatic nitrogens is 3. The van der Waals surface area contributed by atoms with E-state index in [0.717, 1.165) is 0 Å². The first-order chi connectivity index (χ1) is 10.2. The number of alkyl carbamates (subject to hydrolysis) is 1. The zero-order valence-electron chi connectivity index (χ0n) is 12.6. The van der Waals surface area contributed by atoms with E-state index in [1.807, 2.05) is 0 Å². The van der Waals surface area contributed by atoms with Crippen LogP contribution < -0.4 is 5.32 Å². The van der Waals surface area contributed by atoms with Crippen molar-refractivity contribution in [2.75, 3.05) is 0 Å². The molecule has 0 aliphatic heterocycles. The van der Waals surface area contributed by atoms with Gasteiger partial charge in [0.1, 0.15) is 16.7 Å². The van der Waals surface area contributed by atoms with Crippen molar-refractivity contribution in [3.8, 4) is 5.88 Å². The monoisotopic (exact) mass is 324 g/mol. The zero-order valence-corrected chi connectivity index (χ0v) is 13.3. The van der Waals surface area contributed by atoms with Crippen LogP contribution in [0.1, 0.15) is 39.4 Å². The van der Waals surface area contributed by atoms with Gasteiger partial charge in [0.25, 0.3) is 0 Å². The smallest absolute Gasteiger partial charge is 0.408 e. The first-order valence-electron chi connectivity index (χ1n) is 6.96. The van der Waals surface area contributed by atoms with Crippen molar-refractivity contribution in [2.45, 2.75) is 44.8 Å². The number of fused-ring (bicyclic) bond motifs is 1. The quantitative estimate of drug-likeness (QED) is 0.886. The molecule has 118 valence electrons. The van der Waals surface area contributed by atoms with Crippen molar-refractivity contribution in [1.29, 1.82) is 0 Å². The molecule has 1 saturated carbocycles.